The van der Waals surface area contributed by atoms with Crippen LogP contribution in [0.4, 0.5) is 0 Å². The molecule has 92 heavy (non-hydrogen) atoms. The first kappa shape index (κ1) is 63.5. The molecule has 8 aromatic rings. The minimum Gasteiger partial charge on any atom is -0.497 e. The third-order valence-corrected chi connectivity index (χ3v) is 19.6. The number of hydrogen-bond acceptors (Lipinski definition) is 14. The van der Waals surface area contributed by atoms with Gasteiger partial charge in [-0.15, -0.1) is 0 Å². The lowest BCUT2D eigenvalue weighted by Gasteiger charge is -2.32. The van der Waals surface area contributed by atoms with Crippen molar-refractivity contribution in [2.75, 3.05) is 33.3 Å². The van der Waals surface area contributed by atoms with Crippen LogP contribution in [0.5, 0.6) is 11.5 Å². The lowest BCUT2D eigenvalue weighted by atomic mass is 9.86. The normalized spacial score (nSPS) is 19.9. The summed E-state index contributed by atoms with van der Waals surface area (Å²) in [4.78, 5) is 20.2. The molecule has 0 aliphatic carbocycles. The summed E-state index contributed by atoms with van der Waals surface area (Å²) < 4.78 is 35.4. The third kappa shape index (κ3) is 14.3. The summed E-state index contributed by atoms with van der Waals surface area (Å²) in [5.74, 6) is 1.77. The van der Waals surface area contributed by atoms with Crippen LogP contribution >= 0.6 is 0 Å². The zero-order valence-electron chi connectivity index (χ0n) is 54.9. The molecule has 4 atom stereocenters. The lowest BCUT2D eigenvalue weighted by Crippen LogP contribution is -2.31. The van der Waals surface area contributed by atoms with E-state index in [1.807, 2.05) is 36.4 Å². The van der Waals surface area contributed by atoms with Crippen molar-refractivity contribution in [1.82, 2.24) is 41.2 Å². The van der Waals surface area contributed by atoms with Gasteiger partial charge in [0.1, 0.15) is 18.1 Å². The molecule has 4 N–H and O–H groups in total. The number of ether oxygens (including phenoxy) is 6. The molecule has 4 aromatic carbocycles. The number of hydrogen-bond donors (Lipinski definition) is 4. The molecule has 0 saturated carbocycles. The standard InChI is InChI=1S/C25H26N2O2.C19H22N2O2.C18H20N2O.C16H24N2O/c1-16-12-18(28-2)8-9-19(16)25-20-13-24(17-6-4-3-5-7-17)29-15-22(20)21-14-26-11-10-23(21)27-25;1-13-9-15-17(11-22-13)16-10-20-8-7-18(16)21-19(15)12-23-14-5-3-2-4-6-14;1-12-9-14-16(11-21-12)15-10-19-8-7-17(15)20-18(14)13-5-3-2-4-6-13;1-3-4-5-15-12-8-11(2)19-10-14(12)13-9-17-7-6-16(13)18-15/h3-9,12,24,26H,10-11,13-15H2,1-2H3;2-6,13,20H,7-12H2,1H3;2-6,12,19H,7-11H2,1H3;11,17H,3-10H2,1-2H3/t24-;13-;12-;11-/m1000/s1. The Labute approximate surface area is 544 Å². The maximum absolute atomic E-state index is 6.34. The average Bonchev–Trinajstić information content (AvgIpc) is 0.881. The van der Waals surface area contributed by atoms with Gasteiger partial charge in [0.25, 0.3) is 0 Å². The first-order valence-corrected chi connectivity index (χ1v) is 34.0. The van der Waals surface area contributed by atoms with Gasteiger partial charge in [0, 0.05) is 143 Å². The number of aromatic nitrogens is 4. The van der Waals surface area contributed by atoms with Gasteiger partial charge in [-0.2, -0.15) is 0 Å². The van der Waals surface area contributed by atoms with Crippen LogP contribution in [0.2, 0.25) is 0 Å². The van der Waals surface area contributed by atoms with Crippen molar-refractivity contribution in [3.05, 3.63) is 221 Å². The Kier molecular flexibility index (Phi) is 20.6. The van der Waals surface area contributed by atoms with Crippen molar-refractivity contribution < 1.29 is 28.4 Å². The second kappa shape index (κ2) is 29.8. The fourth-order valence-corrected chi connectivity index (χ4v) is 14.6. The SMILES string of the molecule is CCCCc1nc2c(c3c1C[C@H](C)OC3)CNCC2.COc1ccc(-c2nc3c(c4c2C[C@H](c2ccccc2)OC4)CNCC3)c(C)c1.C[C@H]1Cc2c(-c3ccccc3)nc3c(c2CO1)CNCC3.C[C@H]1Cc2c(COc3ccccc3)nc3c(c2CO1)CNCC3. The average molecular weight is 1240 g/mol. The van der Waals surface area contributed by atoms with Gasteiger partial charge in [0.2, 0.25) is 0 Å². The Morgan fingerprint density at radius 3 is 1.45 bits per heavy atom. The zero-order chi connectivity index (χ0) is 62.9. The number of rotatable bonds is 10. The van der Waals surface area contributed by atoms with Gasteiger partial charge in [-0.25, -0.2) is 0 Å². The Morgan fingerprint density at radius 1 is 0.457 bits per heavy atom. The molecule has 8 aliphatic rings. The summed E-state index contributed by atoms with van der Waals surface area (Å²) in [5, 5.41) is 13.9. The lowest BCUT2D eigenvalue weighted by molar-refractivity contribution is 0.0267. The second-order valence-electron chi connectivity index (χ2n) is 25.9. The predicted molar refractivity (Wildman–Crippen MR) is 362 cm³/mol. The van der Waals surface area contributed by atoms with Crippen LogP contribution in [0.25, 0.3) is 22.5 Å². The van der Waals surface area contributed by atoms with Crippen LogP contribution in [-0.2, 0) is 136 Å². The fourth-order valence-electron chi connectivity index (χ4n) is 14.6. The largest absolute Gasteiger partial charge is 0.497 e. The molecule has 0 fully saturated rings. The number of methoxy groups -OCH3 is 1. The van der Waals surface area contributed by atoms with Crippen molar-refractivity contribution in [3.63, 3.8) is 0 Å². The number of para-hydroxylation sites is 1. The molecule has 12 heterocycles. The fraction of sp³-hybridized carbons (Fsp3) is 0.436. The first-order chi connectivity index (χ1) is 45.2. The number of nitrogens with one attached hydrogen (secondary N) is 4. The Hall–Kier alpha value is -7.24. The Balaban J connectivity index is 0.000000113. The molecule has 4 aromatic heterocycles. The van der Waals surface area contributed by atoms with E-state index in [4.69, 9.17) is 48.4 Å². The summed E-state index contributed by atoms with van der Waals surface area (Å²) in [5.41, 5.74) is 31.1. The summed E-state index contributed by atoms with van der Waals surface area (Å²) in [7, 11) is 1.71. The Bertz CT molecular complexity index is 3860. The van der Waals surface area contributed by atoms with Crippen LogP contribution < -0.4 is 30.7 Å². The number of fused-ring (bicyclic) bond motifs is 12. The summed E-state index contributed by atoms with van der Waals surface area (Å²) in [6, 6.07) is 37.3. The van der Waals surface area contributed by atoms with E-state index in [2.05, 4.69) is 129 Å². The molecule has 0 bridgehead atoms. The van der Waals surface area contributed by atoms with E-state index in [-0.39, 0.29) is 18.3 Å². The van der Waals surface area contributed by atoms with E-state index in [1.54, 1.807) is 7.11 Å². The predicted octanol–water partition coefficient (Wildman–Crippen LogP) is 12.7. The van der Waals surface area contributed by atoms with Crippen LogP contribution in [-0.4, -0.2) is 71.5 Å². The van der Waals surface area contributed by atoms with Gasteiger partial charge >= 0.3 is 0 Å². The van der Waals surface area contributed by atoms with Gasteiger partial charge in [-0.05, 0) is 149 Å². The van der Waals surface area contributed by atoms with Crippen molar-refractivity contribution in [1.29, 1.82) is 0 Å². The minimum atomic E-state index is 0.0670. The van der Waals surface area contributed by atoms with E-state index < -0.39 is 0 Å². The number of unbranched alkanes of at least 4 members (excludes halogenated alkanes) is 1. The maximum atomic E-state index is 6.34. The van der Waals surface area contributed by atoms with Crippen LogP contribution in [0.3, 0.4) is 0 Å². The summed E-state index contributed by atoms with van der Waals surface area (Å²) in [6.45, 7) is 21.9. The first-order valence-electron chi connectivity index (χ1n) is 34.0. The molecule has 0 spiro atoms. The second-order valence-corrected chi connectivity index (χ2v) is 25.9. The third-order valence-electron chi connectivity index (χ3n) is 19.6. The molecule has 16 rings (SSSR count). The minimum absolute atomic E-state index is 0.0670. The quantitative estimate of drug-likeness (QED) is 0.103. The van der Waals surface area contributed by atoms with Gasteiger partial charge in [-0.3, -0.25) is 19.9 Å². The maximum Gasteiger partial charge on any atom is 0.130 e. The van der Waals surface area contributed by atoms with Crippen LogP contribution in [0.15, 0.2) is 109 Å². The summed E-state index contributed by atoms with van der Waals surface area (Å²) in [6.07, 6.45) is 12.3. The number of aryl methyl sites for hydroxylation is 2. The highest BCUT2D eigenvalue weighted by atomic mass is 16.5. The molecule has 0 unspecified atom stereocenters. The highest BCUT2D eigenvalue weighted by Gasteiger charge is 2.32. The van der Waals surface area contributed by atoms with Crippen molar-refractivity contribution in [2.45, 2.75) is 189 Å². The highest BCUT2D eigenvalue weighted by molar-refractivity contribution is 5.71. The smallest absolute Gasteiger partial charge is 0.130 e. The molecule has 0 radical (unpaired) electrons. The van der Waals surface area contributed by atoms with Crippen molar-refractivity contribution in [2.24, 2.45) is 0 Å². The molecular weight excluding hydrogens is 1140 g/mol. The zero-order valence-corrected chi connectivity index (χ0v) is 54.9. The molecule has 8 aliphatic heterocycles. The molecule has 0 amide bonds. The number of benzene rings is 4. The van der Waals surface area contributed by atoms with Crippen molar-refractivity contribution >= 4 is 0 Å². The molecule has 14 heteroatoms. The van der Waals surface area contributed by atoms with Gasteiger partial charge in [0.15, 0.2) is 0 Å². The molecule has 480 valence electrons. The van der Waals surface area contributed by atoms with Gasteiger partial charge in [0.05, 0.1) is 75.0 Å². The van der Waals surface area contributed by atoms with E-state index in [0.717, 1.165) is 146 Å². The van der Waals surface area contributed by atoms with Crippen LogP contribution in [0.1, 0.15) is 159 Å². The number of nitrogens with zero attached hydrogens (tertiary/aromatic N) is 4. The highest BCUT2D eigenvalue weighted by Crippen LogP contribution is 2.41. The van der Waals surface area contributed by atoms with E-state index in [1.165, 1.54) is 136 Å². The van der Waals surface area contributed by atoms with E-state index >= 15 is 0 Å². The van der Waals surface area contributed by atoms with Gasteiger partial charge < -0.3 is 49.7 Å². The molecule has 0 saturated heterocycles. The Morgan fingerprint density at radius 2 is 0.913 bits per heavy atom. The molecule has 14 nitrogen and oxygen atoms in total. The summed E-state index contributed by atoms with van der Waals surface area (Å²) >= 11 is 0. The number of pyridine rings is 4. The molecular formula is C78H92N8O6. The topological polar surface area (TPSA) is 155 Å². The van der Waals surface area contributed by atoms with Crippen molar-refractivity contribution in [3.8, 4) is 34.0 Å². The van der Waals surface area contributed by atoms with E-state index in [9.17, 15) is 0 Å². The van der Waals surface area contributed by atoms with Gasteiger partial charge in [-0.1, -0.05) is 92.2 Å². The van der Waals surface area contributed by atoms with E-state index in [0.29, 0.717) is 25.9 Å². The van der Waals surface area contributed by atoms with Crippen LogP contribution in [0, 0.1) is 6.92 Å². The monoisotopic (exact) mass is 1240 g/mol.